The van der Waals surface area contributed by atoms with E-state index in [1.165, 1.54) is 0 Å². The summed E-state index contributed by atoms with van der Waals surface area (Å²) in [5, 5.41) is 2.30. The Labute approximate surface area is 94.2 Å². The highest BCUT2D eigenvalue weighted by Crippen LogP contribution is 2.16. The minimum Gasteiger partial charge on any atom is -0.296 e. The maximum Gasteiger partial charge on any atom is 0.227 e. The molecular weight excluding hydrogens is 202 g/mol. The minimum absolute atomic E-state index is 0.0291. The van der Waals surface area contributed by atoms with Crippen LogP contribution >= 0.6 is 0 Å². The molecule has 82 valence electrons. The predicted molar refractivity (Wildman–Crippen MR) is 61.3 cm³/mol. The van der Waals surface area contributed by atoms with E-state index in [-0.39, 0.29) is 17.7 Å². The van der Waals surface area contributed by atoms with E-state index in [9.17, 15) is 9.59 Å². The van der Waals surface area contributed by atoms with Crippen molar-refractivity contribution in [1.29, 1.82) is 0 Å². The van der Waals surface area contributed by atoms with Crippen LogP contribution in [-0.4, -0.2) is 11.8 Å². The number of imide groups is 1. The first-order valence-corrected chi connectivity index (χ1v) is 5.30. The summed E-state index contributed by atoms with van der Waals surface area (Å²) >= 11 is 0. The fourth-order valence-corrected chi connectivity index (χ4v) is 1.75. The van der Waals surface area contributed by atoms with Gasteiger partial charge in [0.25, 0.3) is 0 Å². The van der Waals surface area contributed by atoms with Gasteiger partial charge in [-0.1, -0.05) is 42.5 Å². The Balaban J connectivity index is 2.02. The third-order valence-corrected chi connectivity index (χ3v) is 2.53. The molecular formula is C13H13NO2. The topological polar surface area (TPSA) is 46.2 Å². The van der Waals surface area contributed by atoms with Crippen LogP contribution in [0.4, 0.5) is 0 Å². The van der Waals surface area contributed by atoms with E-state index in [4.69, 9.17) is 0 Å². The van der Waals surface area contributed by atoms with Crippen LogP contribution in [0.25, 0.3) is 6.08 Å². The molecule has 1 saturated heterocycles. The quantitative estimate of drug-likeness (QED) is 0.764. The third kappa shape index (κ3) is 2.79. The summed E-state index contributed by atoms with van der Waals surface area (Å²) in [5.74, 6) is -0.334. The number of allylic oxidation sites excluding steroid dienone is 1. The molecule has 0 unspecified atom stereocenters. The number of hydrogen-bond donors (Lipinski definition) is 1. The molecule has 0 saturated carbocycles. The molecule has 0 bridgehead atoms. The molecule has 3 heteroatoms. The number of rotatable bonds is 2. The Morgan fingerprint density at radius 2 is 1.69 bits per heavy atom. The van der Waals surface area contributed by atoms with Crippen LogP contribution in [0, 0.1) is 5.92 Å². The molecule has 16 heavy (non-hydrogen) atoms. The van der Waals surface area contributed by atoms with Crippen molar-refractivity contribution in [2.45, 2.75) is 12.8 Å². The normalized spacial score (nSPS) is 17.8. The monoisotopic (exact) mass is 215 g/mol. The van der Waals surface area contributed by atoms with Crippen LogP contribution in [0.5, 0.6) is 0 Å². The number of hydrogen-bond acceptors (Lipinski definition) is 2. The van der Waals surface area contributed by atoms with Gasteiger partial charge >= 0.3 is 0 Å². The van der Waals surface area contributed by atoms with Gasteiger partial charge in [-0.2, -0.15) is 0 Å². The van der Waals surface area contributed by atoms with E-state index in [0.29, 0.717) is 12.8 Å². The fraction of sp³-hybridized carbons (Fsp3) is 0.231. The Hall–Kier alpha value is -1.90. The molecule has 1 N–H and O–H groups in total. The molecule has 0 radical (unpaired) electrons. The molecule has 0 aliphatic carbocycles. The van der Waals surface area contributed by atoms with Gasteiger partial charge in [0.15, 0.2) is 0 Å². The highest BCUT2D eigenvalue weighted by Gasteiger charge is 2.22. The van der Waals surface area contributed by atoms with Gasteiger partial charge in [-0.05, 0) is 11.5 Å². The smallest absolute Gasteiger partial charge is 0.227 e. The average Bonchev–Trinajstić information content (AvgIpc) is 2.27. The molecule has 2 amide bonds. The summed E-state index contributed by atoms with van der Waals surface area (Å²) in [4.78, 5) is 22.3. The van der Waals surface area contributed by atoms with Gasteiger partial charge in [-0.25, -0.2) is 0 Å². The van der Waals surface area contributed by atoms with Gasteiger partial charge < -0.3 is 0 Å². The van der Waals surface area contributed by atoms with Crippen molar-refractivity contribution >= 4 is 17.9 Å². The lowest BCUT2D eigenvalue weighted by Gasteiger charge is -2.17. The van der Waals surface area contributed by atoms with Gasteiger partial charge in [0.1, 0.15) is 0 Å². The summed E-state index contributed by atoms with van der Waals surface area (Å²) in [6.07, 6.45) is 4.69. The summed E-state index contributed by atoms with van der Waals surface area (Å²) in [7, 11) is 0. The zero-order valence-corrected chi connectivity index (χ0v) is 8.85. The Bertz CT molecular complexity index is 407. The van der Waals surface area contributed by atoms with E-state index in [2.05, 4.69) is 5.32 Å². The molecule has 3 nitrogen and oxygen atoms in total. The summed E-state index contributed by atoms with van der Waals surface area (Å²) in [6.45, 7) is 0. The second-order valence-corrected chi connectivity index (χ2v) is 3.91. The van der Waals surface area contributed by atoms with E-state index in [0.717, 1.165) is 5.56 Å². The van der Waals surface area contributed by atoms with Crippen molar-refractivity contribution < 1.29 is 9.59 Å². The number of nitrogens with one attached hydrogen (secondary N) is 1. The van der Waals surface area contributed by atoms with Crippen LogP contribution in [0.2, 0.25) is 0 Å². The van der Waals surface area contributed by atoms with Gasteiger partial charge in [0, 0.05) is 12.8 Å². The van der Waals surface area contributed by atoms with Gasteiger partial charge in [0.05, 0.1) is 0 Å². The van der Waals surface area contributed by atoms with Crippen LogP contribution in [0.3, 0.4) is 0 Å². The highest BCUT2D eigenvalue weighted by atomic mass is 16.2. The first-order chi connectivity index (χ1) is 7.74. The zero-order valence-electron chi connectivity index (χ0n) is 8.85. The Morgan fingerprint density at radius 1 is 1.06 bits per heavy atom. The molecule has 1 heterocycles. The number of benzene rings is 1. The molecule has 1 fully saturated rings. The molecule has 1 aliphatic rings. The molecule has 2 rings (SSSR count). The highest BCUT2D eigenvalue weighted by molar-refractivity contribution is 5.98. The SMILES string of the molecule is O=C1CC(C=Cc2ccccc2)CC(=O)N1. The van der Waals surface area contributed by atoms with Gasteiger partial charge in [-0.15, -0.1) is 0 Å². The van der Waals surface area contributed by atoms with Crippen molar-refractivity contribution in [2.75, 3.05) is 0 Å². The summed E-state index contributed by atoms with van der Waals surface area (Å²) in [5.41, 5.74) is 1.08. The minimum atomic E-state index is -0.182. The molecule has 0 atom stereocenters. The second kappa shape index (κ2) is 4.75. The third-order valence-electron chi connectivity index (χ3n) is 2.53. The second-order valence-electron chi connectivity index (χ2n) is 3.91. The molecule has 0 spiro atoms. The van der Waals surface area contributed by atoms with Crippen molar-refractivity contribution in [3.8, 4) is 0 Å². The number of carbonyl (C=O) groups is 2. The van der Waals surface area contributed by atoms with E-state index < -0.39 is 0 Å². The zero-order chi connectivity index (χ0) is 11.4. The maximum atomic E-state index is 11.1. The van der Waals surface area contributed by atoms with Crippen LogP contribution in [0.15, 0.2) is 36.4 Å². The fourth-order valence-electron chi connectivity index (χ4n) is 1.75. The lowest BCUT2D eigenvalue weighted by atomic mass is 9.96. The van der Waals surface area contributed by atoms with Crippen molar-refractivity contribution in [3.05, 3.63) is 42.0 Å². The molecule has 0 aromatic heterocycles. The summed E-state index contributed by atoms with van der Waals surface area (Å²) in [6, 6.07) is 9.84. The molecule has 1 aromatic rings. The van der Waals surface area contributed by atoms with Gasteiger partial charge in [0.2, 0.25) is 11.8 Å². The lowest BCUT2D eigenvalue weighted by molar-refractivity contribution is -0.134. The van der Waals surface area contributed by atoms with E-state index in [1.807, 2.05) is 42.5 Å². The van der Waals surface area contributed by atoms with Crippen molar-refractivity contribution in [1.82, 2.24) is 5.32 Å². The van der Waals surface area contributed by atoms with Crippen LogP contribution in [0.1, 0.15) is 18.4 Å². The predicted octanol–water partition coefficient (Wildman–Crippen LogP) is 1.75. The van der Waals surface area contributed by atoms with Crippen molar-refractivity contribution in [3.63, 3.8) is 0 Å². The maximum absolute atomic E-state index is 11.1. The first-order valence-electron chi connectivity index (χ1n) is 5.30. The van der Waals surface area contributed by atoms with Crippen molar-refractivity contribution in [2.24, 2.45) is 5.92 Å². The van der Waals surface area contributed by atoms with Crippen LogP contribution < -0.4 is 5.32 Å². The average molecular weight is 215 g/mol. The van der Waals surface area contributed by atoms with Gasteiger partial charge in [-0.3, -0.25) is 14.9 Å². The largest absolute Gasteiger partial charge is 0.296 e. The Morgan fingerprint density at radius 3 is 2.31 bits per heavy atom. The number of carbonyl (C=O) groups excluding carboxylic acids is 2. The first kappa shape index (κ1) is 10.6. The van der Waals surface area contributed by atoms with Crippen LogP contribution in [-0.2, 0) is 9.59 Å². The summed E-state index contributed by atoms with van der Waals surface area (Å²) < 4.78 is 0. The molecule has 1 aromatic carbocycles. The molecule has 1 aliphatic heterocycles. The number of amides is 2. The standard InChI is InChI=1S/C13H13NO2/c15-12-8-11(9-13(16)14-12)7-6-10-4-2-1-3-5-10/h1-7,11H,8-9H2,(H,14,15,16). The van der Waals surface area contributed by atoms with E-state index >= 15 is 0 Å². The Kier molecular flexibility index (Phi) is 3.15. The number of piperidine rings is 1. The van der Waals surface area contributed by atoms with E-state index in [1.54, 1.807) is 0 Å². The lowest BCUT2D eigenvalue weighted by Crippen LogP contribution is -2.37.